The van der Waals surface area contributed by atoms with Crippen molar-refractivity contribution in [1.29, 1.82) is 0 Å². The largest absolute Gasteiger partial charge is 0.0924 e. The molecule has 17 heavy (non-hydrogen) atoms. The van der Waals surface area contributed by atoms with E-state index >= 15 is 0 Å². The summed E-state index contributed by atoms with van der Waals surface area (Å²) in [5, 5.41) is 1.74. The van der Waals surface area contributed by atoms with Gasteiger partial charge in [-0.2, -0.15) is 0 Å². The summed E-state index contributed by atoms with van der Waals surface area (Å²) in [4.78, 5) is 0.881. The first-order chi connectivity index (χ1) is 8.33. The van der Waals surface area contributed by atoms with Crippen LogP contribution in [0.3, 0.4) is 0 Å². The second-order valence-electron chi connectivity index (χ2n) is 3.75. The molecule has 1 unspecified atom stereocenters. The average molecular weight is 256 g/mol. The molecule has 0 saturated carbocycles. The van der Waals surface area contributed by atoms with E-state index < -0.39 is 0 Å². The summed E-state index contributed by atoms with van der Waals surface area (Å²) in [5.41, 5.74) is 2.22. The van der Waals surface area contributed by atoms with Crippen LogP contribution in [0.1, 0.15) is 17.0 Å². The Bertz CT molecular complexity index is 503. The Morgan fingerprint density at radius 3 is 1.94 bits per heavy atom. The first-order valence-electron chi connectivity index (χ1n) is 5.42. The molecule has 0 radical (unpaired) electrons. The highest BCUT2D eigenvalue weighted by Gasteiger charge is 2.14. The van der Waals surface area contributed by atoms with Gasteiger partial charge in [0, 0.05) is 10.8 Å². The van der Waals surface area contributed by atoms with Crippen molar-refractivity contribution < 1.29 is 0 Å². The van der Waals surface area contributed by atoms with Gasteiger partial charge in [-0.3, -0.25) is 0 Å². The zero-order valence-electron chi connectivity index (χ0n) is 9.24. The number of benzene rings is 2. The van der Waals surface area contributed by atoms with E-state index in [1.807, 2.05) is 48.5 Å². The number of rotatable bonds is 4. The minimum atomic E-state index is 0.0311. The van der Waals surface area contributed by atoms with Crippen LogP contribution >= 0.6 is 24.4 Å². The van der Waals surface area contributed by atoms with E-state index in [-0.39, 0.29) is 5.92 Å². The molecule has 0 aliphatic heterocycles. The van der Waals surface area contributed by atoms with E-state index in [9.17, 15) is 0 Å². The van der Waals surface area contributed by atoms with Crippen LogP contribution in [0.2, 0.25) is 0 Å². The lowest BCUT2D eigenvalue weighted by molar-refractivity contribution is 1.27. The summed E-state index contributed by atoms with van der Waals surface area (Å²) >= 11 is 10.6. The second kappa shape index (κ2) is 5.80. The van der Waals surface area contributed by atoms with Gasteiger partial charge < -0.3 is 0 Å². The van der Waals surface area contributed by atoms with Crippen molar-refractivity contribution in [2.45, 2.75) is 5.92 Å². The van der Waals surface area contributed by atoms with Crippen molar-refractivity contribution in [3.63, 3.8) is 0 Å². The number of thiocarbonyl (C=S) groups is 2. The molecule has 0 saturated heterocycles. The predicted molar refractivity (Wildman–Crippen MR) is 81.0 cm³/mol. The Kier molecular flexibility index (Phi) is 4.13. The van der Waals surface area contributed by atoms with Crippen LogP contribution in [-0.2, 0) is 0 Å². The Hall–Kier alpha value is -1.38. The molecule has 0 aliphatic carbocycles. The van der Waals surface area contributed by atoms with Crippen molar-refractivity contribution in [2.75, 3.05) is 0 Å². The van der Waals surface area contributed by atoms with Crippen molar-refractivity contribution in [1.82, 2.24) is 0 Å². The van der Waals surface area contributed by atoms with Crippen LogP contribution in [-0.4, -0.2) is 10.2 Å². The minimum Gasteiger partial charge on any atom is -0.0924 e. The molecule has 0 aromatic heterocycles. The topological polar surface area (TPSA) is 0 Å². The summed E-state index contributed by atoms with van der Waals surface area (Å²) in [6.07, 6.45) is 0. The quantitative estimate of drug-likeness (QED) is 0.594. The molecule has 0 spiro atoms. The second-order valence-corrected chi connectivity index (χ2v) is 4.47. The highest BCUT2D eigenvalue weighted by Crippen LogP contribution is 2.20. The summed E-state index contributed by atoms with van der Waals surface area (Å²) in [6.45, 7) is 0. The van der Waals surface area contributed by atoms with Gasteiger partial charge in [0.05, 0.1) is 0 Å². The summed E-state index contributed by atoms with van der Waals surface area (Å²) in [7, 11) is 0. The average Bonchev–Trinajstić information content (AvgIpc) is 2.42. The molecule has 2 heteroatoms. The van der Waals surface area contributed by atoms with Gasteiger partial charge in [0.25, 0.3) is 0 Å². The van der Waals surface area contributed by atoms with Crippen molar-refractivity contribution >= 4 is 34.7 Å². The zero-order valence-corrected chi connectivity index (χ0v) is 10.9. The third-order valence-electron chi connectivity index (χ3n) is 2.64. The molecular formula is C15H12S2. The van der Waals surface area contributed by atoms with Crippen molar-refractivity contribution in [3.8, 4) is 0 Å². The smallest absolute Gasteiger partial charge is 0.0481 e. The Morgan fingerprint density at radius 2 is 1.41 bits per heavy atom. The molecule has 0 aliphatic rings. The van der Waals surface area contributed by atoms with E-state index in [0.29, 0.717) is 0 Å². The molecule has 2 aromatic carbocycles. The monoisotopic (exact) mass is 256 g/mol. The molecule has 0 N–H and O–H groups in total. The minimum absolute atomic E-state index is 0.0311. The normalized spacial score (nSPS) is 11.8. The third-order valence-corrected chi connectivity index (χ3v) is 3.40. The van der Waals surface area contributed by atoms with Gasteiger partial charge in [0.2, 0.25) is 0 Å². The molecular weight excluding hydrogens is 244 g/mol. The van der Waals surface area contributed by atoms with Gasteiger partial charge in [-0.15, -0.1) is 0 Å². The van der Waals surface area contributed by atoms with Gasteiger partial charge in [-0.1, -0.05) is 85.1 Å². The molecule has 0 bridgehead atoms. The van der Waals surface area contributed by atoms with Crippen LogP contribution < -0.4 is 0 Å². The van der Waals surface area contributed by atoms with Crippen molar-refractivity contribution in [3.05, 3.63) is 71.8 Å². The maximum atomic E-state index is 5.53. The van der Waals surface area contributed by atoms with Gasteiger partial charge in [-0.05, 0) is 16.5 Å². The van der Waals surface area contributed by atoms with E-state index in [0.717, 1.165) is 16.0 Å². The van der Waals surface area contributed by atoms with Crippen LogP contribution in [0.4, 0.5) is 0 Å². The van der Waals surface area contributed by atoms with E-state index in [1.54, 1.807) is 5.37 Å². The highest BCUT2D eigenvalue weighted by molar-refractivity contribution is 7.82. The van der Waals surface area contributed by atoms with E-state index in [2.05, 4.69) is 12.1 Å². The Labute approximate surface area is 112 Å². The zero-order chi connectivity index (χ0) is 12.1. The van der Waals surface area contributed by atoms with Crippen LogP contribution in [0.15, 0.2) is 60.7 Å². The SMILES string of the molecule is S=CC(C(=S)c1ccccc1)c1ccccc1. The molecule has 0 heterocycles. The molecule has 0 nitrogen and oxygen atoms in total. The molecule has 2 rings (SSSR count). The van der Waals surface area contributed by atoms with E-state index in [1.165, 1.54) is 0 Å². The predicted octanol–water partition coefficient (Wildman–Crippen LogP) is 4.19. The molecule has 1 atom stereocenters. The van der Waals surface area contributed by atoms with E-state index in [4.69, 9.17) is 24.4 Å². The third kappa shape index (κ3) is 2.84. The molecule has 84 valence electrons. The van der Waals surface area contributed by atoms with Crippen molar-refractivity contribution in [2.24, 2.45) is 0 Å². The van der Waals surface area contributed by atoms with Crippen LogP contribution in [0.5, 0.6) is 0 Å². The summed E-state index contributed by atoms with van der Waals surface area (Å²) in [5.74, 6) is 0.0311. The molecule has 2 aromatic rings. The van der Waals surface area contributed by atoms with Crippen LogP contribution in [0.25, 0.3) is 0 Å². The van der Waals surface area contributed by atoms with Gasteiger partial charge in [-0.25, -0.2) is 0 Å². The highest BCUT2D eigenvalue weighted by atomic mass is 32.1. The maximum absolute atomic E-state index is 5.53. The van der Waals surface area contributed by atoms with Gasteiger partial charge in [0.1, 0.15) is 0 Å². The van der Waals surface area contributed by atoms with Crippen LogP contribution in [0, 0.1) is 0 Å². The molecule has 0 amide bonds. The summed E-state index contributed by atoms with van der Waals surface area (Å²) < 4.78 is 0. The van der Waals surface area contributed by atoms with Gasteiger partial charge in [0.15, 0.2) is 0 Å². The lowest BCUT2D eigenvalue weighted by atomic mass is 9.93. The molecule has 0 fully saturated rings. The first-order valence-corrected chi connectivity index (χ1v) is 6.30. The fraction of sp³-hybridized carbons (Fsp3) is 0.0667. The summed E-state index contributed by atoms with van der Waals surface area (Å²) in [6, 6.07) is 20.2. The first kappa shape index (κ1) is 12.1. The maximum Gasteiger partial charge on any atom is 0.0481 e. The number of hydrogen-bond donors (Lipinski definition) is 0. The lowest BCUT2D eigenvalue weighted by Gasteiger charge is -2.13. The lowest BCUT2D eigenvalue weighted by Crippen LogP contribution is -2.12. The standard InChI is InChI=1S/C15H12S2/c16-11-14(12-7-3-1-4-8-12)15(17)13-9-5-2-6-10-13/h1-11,14H. The number of hydrogen-bond acceptors (Lipinski definition) is 2. The fourth-order valence-electron chi connectivity index (χ4n) is 1.73. The Balaban J connectivity index is 2.32. The Morgan fingerprint density at radius 1 is 0.882 bits per heavy atom. The fourth-order valence-corrected chi connectivity index (χ4v) is 2.45. The van der Waals surface area contributed by atoms with Gasteiger partial charge >= 0.3 is 0 Å².